The van der Waals surface area contributed by atoms with Gasteiger partial charge < -0.3 is 19.4 Å². The van der Waals surface area contributed by atoms with Gasteiger partial charge in [0.15, 0.2) is 0 Å². The van der Waals surface area contributed by atoms with E-state index in [4.69, 9.17) is 9.47 Å². The molecule has 0 aliphatic carbocycles. The van der Waals surface area contributed by atoms with Crippen LogP contribution in [0.15, 0.2) is 48.5 Å². The Bertz CT molecular complexity index is 1020. The largest absolute Gasteiger partial charge is 0.494 e. The molecule has 4 nitrogen and oxygen atoms in total. The molecule has 0 saturated heterocycles. The first-order valence-corrected chi connectivity index (χ1v) is 11.7. The van der Waals surface area contributed by atoms with Crippen LogP contribution in [-0.4, -0.2) is 23.2 Å². The third-order valence-corrected chi connectivity index (χ3v) is 5.71. The van der Waals surface area contributed by atoms with E-state index in [2.05, 4.69) is 72.3 Å². The summed E-state index contributed by atoms with van der Waals surface area (Å²) in [5.41, 5.74) is 4.69. The van der Waals surface area contributed by atoms with Gasteiger partial charge in [-0.3, -0.25) is 0 Å². The van der Waals surface area contributed by atoms with Crippen molar-refractivity contribution in [3.05, 3.63) is 59.9 Å². The Labute approximate surface area is 185 Å². The first kappa shape index (κ1) is 21.4. The highest BCUT2D eigenvalue weighted by Gasteiger charge is 2.07. The monoisotopic (exact) mass is 418 g/mol. The minimum Gasteiger partial charge on any atom is -0.494 e. The molecule has 0 unspecified atom stereocenters. The van der Waals surface area contributed by atoms with Gasteiger partial charge in [0.2, 0.25) is 0 Å². The molecule has 0 aliphatic rings. The SMILES string of the molecule is CCCCCOc1ccc2[nH]c(Cc3cc4cc(OCCCCC)ccc4[nH]3)cc2c1. The fraction of sp³-hybridized carbons (Fsp3) is 0.407. The maximum Gasteiger partial charge on any atom is 0.120 e. The van der Waals surface area contributed by atoms with Gasteiger partial charge in [0, 0.05) is 39.6 Å². The standard InChI is InChI=1S/C27H34N2O2/c1-3-5-7-13-30-24-9-11-26-20(17-24)15-22(28-26)19-23-16-21-18-25(10-12-27(21)29-23)31-14-8-6-4-2/h9-12,15-18,28-29H,3-8,13-14,19H2,1-2H3. The number of fused-ring (bicyclic) bond motifs is 2. The van der Waals surface area contributed by atoms with Crippen LogP contribution >= 0.6 is 0 Å². The third-order valence-electron chi connectivity index (χ3n) is 5.71. The Kier molecular flexibility index (Phi) is 7.18. The smallest absolute Gasteiger partial charge is 0.120 e. The highest BCUT2D eigenvalue weighted by molar-refractivity contribution is 5.83. The maximum atomic E-state index is 5.90. The summed E-state index contributed by atoms with van der Waals surface area (Å²) in [7, 11) is 0. The molecule has 31 heavy (non-hydrogen) atoms. The van der Waals surface area contributed by atoms with Crippen LogP contribution in [0.3, 0.4) is 0 Å². The van der Waals surface area contributed by atoms with E-state index in [1.54, 1.807) is 0 Å². The Hall–Kier alpha value is -2.88. The van der Waals surface area contributed by atoms with E-state index in [1.165, 1.54) is 47.8 Å². The fourth-order valence-corrected chi connectivity index (χ4v) is 4.00. The van der Waals surface area contributed by atoms with Crippen molar-refractivity contribution in [3.8, 4) is 11.5 Å². The van der Waals surface area contributed by atoms with Crippen LogP contribution in [0.25, 0.3) is 21.8 Å². The molecular formula is C27H34N2O2. The van der Waals surface area contributed by atoms with Crippen molar-refractivity contribution in [3.63, 3.8) is 0 Å². The quantitative estimate of drug-likeness (QED) is 0.236. The lowest BCUT2D eigenvalue weighted by atomic mass is 10.2. The molecule has 2 aromatic carbocycles. The minimum absolute atomic E-state index is 0.788. The lowest BCUT2D eigenvalue weighted by Crippen LogP contribution is -1.96. The molecule has 0 saturated carbocycles. The van der Waals surface area contributed by atoms with Gasteiger partial charge >= 0.3 is 0 Å². The molecule has 2 N–H and O–H groups in total. The van der Waals surface area contributed by atoms with Crippen LogP contribution in [0.5, 0.6) is 11.5 Å². The zero-order valence-corrected chi connectivity index (χ0v) is 18.8. The Morgan fingerprint density at radius 3 is 1.55 bits per heavy atom. The van der Waals surface area contributed by atoms with Gasteiger partial charge in [-0.15, -0.1) is 0 Å². The first-order chi connectivity index (χ1) is 15.2. The number of ether oxygens (including phenoxy) is 2. The van der Waals surface area contributed by atoms with Gasteiger partial charge in [-0.05, 0) is 61.4 Å². The molecule has 2 heterocycles. The van der Waals surface area contributed by atoms with Crippen molar-refractivity contribution in [2.75, 3.05) is 13.2 Å². The summed E-state index contributed by atoms with van der Waals surface area (Å²) in [6.07, 6.45) is 7.91. The number of nitrogens with one attached hydrogen (secondary N) is 2. The van der Waals surface area contributed by atoms with Crippen molar-refractivity contribution < 1.29 is 9.47 Å². The van der Waals surface area contributed by atoms with Crippen LogP contribution in [0.1, 0.15) is 63.8 Å². The molecule has 4 rings (SSSR count). The summed E-state index contributed by atoms with van der Waals surface area (Å²) in [6, 6.07) is 17.1. The molecule has 4 heteroatoms. The molecule has 164 valence electrons. The molecule has 0 bridgehead atoms. The zero-order valence-electron chi connectivity index (χ0n) is 18.8. The van der Waals surface area contributed by atoms with Gasteiger partial charge in [-0.1, -0.05) is 39.5 Å². The number of hydrogen-bond acceptors (Lipinski definition) is 2. The van der Waals surface area contributed by atoms with Crippen molar-refractivity contribution in [1.82, 2.24) is 9.97 Å². The lowest BCUT2D eigenvalue weighted by molar-refractivity contribution is 0.306. The molecule has 0 spiro atoms. The molecule has 4 aromatic rings. The maximum absolute atomic E-state index is 5.90. The zero-order chi connectivity index (χ0) is 21.5. The predicted molar refractivity (Wildman–Crippen MR) is 129 cm³/mol. The number of aromatic amines is 2. The number of H-pyrrole nitrogens is 2. The summed E-state index contributed by atoms with van der Waals surface area (Å²) in [6.45, 7) is 6.00. The van der Waals surface area contributed by atoms with Crippen molar-refractivity contribution >= 4 is 21.8 Å². The number of benzene rings is 2. The van der Waals surface area contributed by atoms with Gasteiger partial charge in [0.05, 0.1) is 13.2 Å². The highest BCUT2D eigenvalue weighted by Crippen LogP contribution is 2.26. The summed E-state index contributed by atoms with van der Waals surface area (Å²) in [5, 5.41) is 2.39. The second-order valence-electron chi connectivity index (χ2n) is 8.38. The van der Waals surface area contributed by atoms with Gasteiger partial charge in [-0.25, -0.2) is 0 Å². The molecular weight excluding hydrogens is 384 g/mol. The van der Waals surface area contributed by atoms with E-state index in [0.29, 0.717) is 0 Å². The number of hydrogen-bond donors (Lipinski definition) is 2. The third kappa shape index (κ3) is 5.63. The molecule has 0 atom stereocenters. The van der Waals surface area contributed by atoms with Gasteiger partial charge in [0.1, 0.15) is 11.5 Å². The van der Waals surface area contributed by atoms with E-state index in [9.17, 15) is 0 Å². The van der Waals surface area contributed by atoms with E-state index < -0.39 is 0 Å². The van der Waals surface area contributed by atoms with E-state index in [-0.39, 0.29) is 0 Å². The predicted octanol–water partition coefficient (Wildman–Crippen LogP) is 7.38. The minimum atomic E-state index is 0.788. The summed E-state index contributed by atoms with van der Waals surface area (Å²) >= 11 is 0. The van der Waals surface area contributed by atoms with Gasteiger partial charge in [0.25, 0.3) is 0 Å². The Balaban J connectivity index is 1.41. The Morgan fingerprint density at radius 1 is 0.613 bits per heavy atom. The topological polar surface area (TPSA) is 50.0 Å². The van der Waals surface area contributed by atoms with Gasteiger partial charge in [-0.2, -0.15) is 0 Å². The van der Waals surface area contributed by atoms with Crippen LogP contribution in [0, 0.1) is 0 Å². The highest BCUT2D eigenvalue weighted by atomic mass is 16.5. The van der Waals surface area contributed by atoms with Crippen LogP contribution in [0.2, 0.25) is 0 Å². The van der Waals surface area contributed by atoms with Crippen LogP contribution < -0.4 is 9.47 Å². The van der Waals surface area contributed by atoms with Crippen molar-refractivity contribution in [2.24, 2.45) is 0 Å². The molecule has 0 aliphatic heterocycles. The average Bonchev–Trinajstić information content (AvgIpc) is 3.36. The number of rotatable bonds is 12. The molecule has 0 radical (unpaired) electrons. The van der Waals surface area contributed by atoms with E-state index in [0.717, 1.165) is 55.0 Å². The Morgan fingerprint density at radius 2 is 1.10 bits per heavy atom. The summed E-state index contributed by atoms with van der Waals surface area (Å²) in [4.78, 5) is 7.09. The lowest BCUT2D eigenvalue weighted by Gasteiger charge is -2.05. The van der Waals surface area contributed by atoms with E-state index in [1.807, 2.05) is 0 Å². The average molecular weight is 419 g/mol. The first-order valence-electron chi connectivity index (χ1n) is 11.7. The molecule has 2 aromatic heterocycles. The van der Waals surface area contributed by atoms with Crippen molar-refractivity contribution in [1.29, 1.82) is 0 Å². The van der Waals surface area contributed by atoms with Crippen LogP contribution in [0.4, 0.5) is 0 Å². The van der Waals surface area contributed by atoms with Crippen molar-refractivity contribution in [2.45, 2.75) is 58.8 Å². The second kappa shape index (κ2) is 10.4. The number of aromatic nitrogens is 2. The summed E-state index contributed by atoms with van der Waals surface area (Å²) in [5.74, 6) is 1.90. The fourth-order valence-electron chi connectivity index (χ4n) is 4.00. The normalized spacial score (nSPS) is 11.4. The second-order valence-corrected chi connectivity index (χ2v) is 8.38. The molecule has 0 fully saturated rings. The van der Waals surface area contributed by atoms with Crippen LogP contribution in [-0.2, 0) is 6.42 Å². The van der Waals surface area contributed by atoms with E-state index >= 15 is 0 Å². The number of unbranched alkanes of at least 4 members (excludes halogenated alkanes) is 4. The summed E-state index contributed by atoms with van der Waals surface area (Å²) < 4.78 is 11.8. The molecule has 0 amide bonds.